The van der Waals surface area contributed by atoms with Gasteiger partial charge in [-0.2, -0.15) is 0 Å². The topological polar surface area (TPSA) is 16.1 Å². The largest absolute Gasteiger partial charge is 0.334 e. The fourth-order valence-electron chi connectivity index (χ4n) is 7.14. The van der Waals surface area contributed by atoms with Gasteiger partial charge in [-0.05, 0) is 89.4 Å². The van der Waals surface area contributed by atoms with Crippen LogP contribution < -0.4 is 4.90 Å². The molecule has 2 nitrogen and oxygen atoms in total. The van der Waals surface area contributed by atoms with Crippen molar-refractivity contribution in [1.29, 1.82) is 0 Å². The third-order valence-corrected chi connectivity index (χ3v) is 9.15. The SMILES string of the molecule is CC12CCCCC1(C)N(c1ccncc1)c1ccc(-c3ccc4c(c3)Cc3ccccc3-4)cc12. The molecule has 2 aliphatic carbocycles. The zero-order valence-corrected chi connectivity index (χ0v) is 20.0. The van der Waals surface area contributed by atoms with Crippen LogP contribution in [0.3, 0.4) is 0 Å². The Hall–Kier alpha value is -3.39. The van der Waals surface area contributed by atoms with Gasteiger partial charge in [-0.15, -0.1) is 0 Å². The highest BCUT2D eigenvalue weighted by Gasteiger charge is 2.57. The summed E-state index contributed by atoms with van der Waals surface area (Å²) in [5.74, 6) is 0. The highest BCUT2D eigenvalue weighted by Crippen LogP contribution is 2.61. The summed E-state index contributed by atoms with van der Waals surface area (Å²) in [6.45, 7) is 4.99. The van der Waals surface area contributed by atoms with Crippen LogP contribution in [0.15, 0.2) is 85.2 Å². The van der Waals surface area contributed by atoms with Crippen LogP contribution in [-0.4, -0.2) is 10.5 Å². The van der Waals surface area contributed by atoms with Gasteiger partial charge in [0.2, 0.25) is 0 Å². The maximum absolute atomic E-state index is 4.29. The van der Waals surface area contributed by atoms with Gasteiger partial charge in [0.15, 0.2) is 0 Å². The fraction of sp³-hybridized carbons (Fsp3) is 0.281. The van der Waals surface area contributed by atoms with E-state index in [0.717, 1.165) is 6.42 Å². The summed E-state index contributed by atoms with van der Waals surface area (Å²) in [6.07, 6.45) is 9.93. The third kappa shape index (κ3) is 2.60. The molecule has 4 aromatic rings. The minimum absolute atomic E-state index is 0.0765. The van der Waals surface area contributed by atoms with E-state index in [4.69, 9.17) is 0 Å². The summed E-state index contributed by atoms with van der Waals surface area (Å²) >= 11 is 0. The van der Waals surface area contributed by atoms with Gasteiger partial charge in [0.25, 0.3) is 0 Å². The lowest BCUT2D eigenvalue weighted by molar-refractivity contribution is 0.195. The Labute approximate surface area is 202 Å². The maximum Gasteiger partial charge on any atom is 0.0517 e. The monoisotopic (exact) mass is 442 g/mol. The van der Waals surface area contributed by atoms with Crippen molar-refractivity contribution in [1.82, 2.24) is 4.98 Å². The number of hydrogen-bond donors (Lipinski definition) is 0. The van der Waals surface area contributed by atoms with Crippen molar-refractivity contribution in [3.8, 4) is 22.3 Å². The van der Waals surface area contributed by atoms with Crippen molar-refractivity contribution in [2.24, 2.45) is 0 Å². The fourth-order valence-corrected chi connectivity index (χ4v) is 7.14. The molecule has 0 radical (unpaired) electrons. The number of rotatable bonds is 2. The molecule has 2 heteroatoms. The number of aromatic nitrogens is 1. The van der Waals surface area contributed by atoms with Gasteiger partial charge in [-0.3, -0.25) is 4.98 Å². The van der Waals surface area contributed by atoms with Gasteiger partial charge < -0.3 is 4.90 Å². The van der Waals surface area contributed by atoms with Crippen LogP contribution in [0, 0.1) is 0 Å². The van der Waals surface area contributed by atoms with Crippen LogP contribution in [0.4, 0.5) is 11.4 Å². The van der Waals surface area contributed by atoms with Gasteiger partial charge in [0.05, 0.1) is 5.54 Å². The highest BCUT2D eigenvalue weighted by atomic mass is 15.3. The molecule has 2 unspecified atom stereocenters. The molecule has 1 fully saturated rings. The van der Waals surface area contributed by atoms with Crippen LogP contribution in [0.2, 0.25) is 0 Å². The van der Waals surface area contributed by atoms with Crippen LogP contribution in [-0.2, 0) is 11.8 Å². The van der Waals surface area contributed by atoms with Crippen molar-refractivity contribution in [2.75, 3.05) is 4.90 Å². The molecule has 7 rings (SSSR count). The van der Waals surface area contributed by atoms with Crippen LogP contribution in [0.25, 0.3) is 22.3 Å². The summed E-state index contributed by atoms with van der Waals surface area (Å²) in [6, 6.07) is 27.5. The van der Waals surface area contributed by atoms with E-state index >= 15 is 0 Å². The van der Waals surface area contributed by atoms with E-state index in [9.17, 15) is 0 Å². The average Bonchev–Trinajstić information content (AvgIpc) is 3.34. The van der Waals surface area contributed by atoms with E-state index in [1.807, 2.05) is 12.4 Å². The minimum Gasteiger partial charge on any atom is -0.334 e. The number of anilines is 2. The number of nitrogens with zero attached hydrogens (tertiary/aromatic N) is 2. The smallest absolute Gasteiger partial charge is 0.0517 e. The van der Waals surface area contributed by atoms with Gasteiger partial charge in [0, 0.05) is 29.2 Å². The maximum atomic E-state index is 4.29. The first kappa shape index (κ1) is 20.0. The van der Waals surface area contributed by atoms with Crippen molar-refractivity contribution >= 4 is 11.4 Å². The summed E-state index contributed by atoms with van der Waals surface area (Å²) in [7, 11) is 0. The van der Waals surface area contributed by atoms with Gasteiger partial charge >= 0.3 is 0 Å². The van der Waals surface area contributed by atoms with E-state index < -0.39 is 0 Å². The molecule has 34 heavy (non-hydrogen) atoms. The molecule has 0 bridgehead atoms. The molecule has 1 aromatic heterocycles. The zero-order valence-electron chi connectivity index (χ0n) is 20.0. The predicted octanol–water partition coefficient (Wildman–Crippen LogP) is 8.06. The summed E-state index contributed by atoms with van der Waals surface area (Å²) in [5, 5.41) is 0. The Balaban J connectivity index is 1.36. The van der Waals surface area contributed by atoms with Crippen molar-refractivity contribution in [3.05, 3.63) is 102 Å². The second-order valence-electron chi connectivity index (χ2n) is 10.8. The lowest BCUT2D eigenvalue weighted by Crippen LogP contribution is -2.54. The van der Waals surface area contributed by atoms with Crippen LogP contribution in [0.1, 0.15) is 56.2 Å². The third-order valence-electron chi connectivity index (χ3n) is 9.15. The molecule has 0 amide bonds. The van der Waals surface area contributed by atoms with E-state index in [1.165, 1.54) is 76.0 Å². The quantitative estimate of drug-likeness (QED) is 0.275. The number of hydrogen-bond acceptors (Lipinski definition) is 2. The molecule has 3 aliphatic rings. The van der Waals surface area contributed by atoms with E-state index in [0.29, 0.717) is 0 Å². The van der Waals surface area contributed by atoms with Crippen LogP contribution >= 0.6 is 0 Å². The lowest BCUT2D eigenvalue weighted by Gasteiger charge is -2.50. The van der Waals surface area contributed by atoms with Crippen molar-refractivity contribution in [2.45, 2.75) is 56.9 Å². The Morgan fingerprint density at radius 2 is 1.47 bits per heavy atom. The average molecular weight is 443 g/mol. The van der Waals surface area contributed by atoms with Crippen molar-refractivity contribution < 1.29 is 0 Å². The molecule has 2 heterocycles. The molecular weight excluding hydrogens is 412 g/mol. The van der Waals surface area contributed by atoms with E-state index in [1.54, 1.807) is 0 Å². The highest BCUT2D eigenvalue weighted by molar-refractivity contribution is 5.83. The molecule has 1 saturated carbocycles. The molecule has 3 aromatic carbocycles. The summed E-state index contributed by atoms with van der Waals surface area (Å²) in [4.78, 5) is 6.90. The summed E-state index contributed by atoms with van der Waals surface area (Å²) in [5.41, 5.74) is 12.7. The molecule has 168 valence electrons. The molecular formula is C32H30N2. The molecule has 1 aliphatic heterocycles. The van der Waals surface area contributed by atoms with Crippen molar-refractivity contribution in [3.63, 3.8) is 0 Å². The van der Waals surface area contributed by atoms with Gasteiger partial charge in [-0.25, -0.2) is 0 Å². The normalized spacial score (nSPS) is 24.4. The number of fused-ring (bicyclic) bond motifs is 6. The van der Waals surface area contributed by atoms with Gasteiger partial charge in [0.1, 0.15) is 0 Å². The van der Waals surface area contributed by atoms with E-state index in [2.05, 4.69) is 96.5 Å². The molecule has 0 saturated heterocycles. The Bertz CT molecular complexity index is 1420. The first-order chi connectivity index (χ1) is 16.6. The van der Waals surface area contributed by atoms with Gasteiger partial charge in [-0.1, -0.05) is 68.3 Å². The first-order valence-corrected chi connectivity index (χ1v) is 12.6. The standard InChI is InChI=1S/C32H30N2/c1-31-15-5-6-16-32(31,2)34(26-13-17-33-18-14-26)30-12-10-23(21-29(30)31)22-9-11-28-25(19-22)20-24-7-3-4-8-27(24)28/h3-4,7-14,17-19,21H,5-6,15-16,20H2,1-2H3. The zero-order chi connectivity index (χ0) is 22.9. The molecule has 0 spiro atoms. The Morgan fingerprint density at radius 1 is 0.735 bits per heavy atom. The van der Waals surface area contributed by atoms with Crippen LogP contribution in [0.5, 0.6) is 0 Å². The Morgan fingerprint density at radius 3 is 2.35 bits per heavy atom. The summed E-state index contributed by atoms with van der Waals surface area (Å²) < 4.78 is 0. The Kier molecular flexibility index (Phi) is 4.16. The molecule has 0 N–H and O–H groups in total. The number of benzene rings is 3. The lowest BCUT2D eigenvalue weighted by atomic mass is 9.61. The predicted molar refractivity (Wildman–Crippen MR) is 141 cm³/mol. The minimum atomic E-state index is 0.0765. The second-order valence-corrected chi connectivity index (χ2v) is 10.8. The van der Waals surface area contributed by atoms with E-state index in [-0.39, 0.29) is 11.0 Å². The number of pyridine rings is 1. The first-order valence-electron chi connectivity index (χ1n) is 12.6. The molecule has 2 atom stereocenters. The second kappa shape index (κ2) is 7.06.